The SMILES string of the molecule is COC(=O)c1ccc2nc(CC(=O)C(C)C)sc2c1. The number of nitrogens with zero attached hydrogens (tertiary/aromatic N) is 1. The van der Waals surface area contributed by atoms with Crippen LogP contribution in [0.3, 0.4) is 0 Å². The Kier molecular flexibility index (Phi) is 3.95. The van der Waals surface area contributed by atoms with Crippen LogP contribution in [0.4, 0.5) is 0 Å². The Bertz CT molecular complexity index is 631. The molecule has 0 unspecified atom stereocenters. The van der Waals surface area contributed by atoms with Gasteiger partial charge in [0.25, 0.3) is 0 Å². The van der Waals surface area contributed by atoms with E-state index in [1.54, 1.807) is 18.2 Å². The van der Waals surface area contributed by atoms with Crippen molar-refractivity contribution >= 4 is 33.3 Å². The second kappa shape index (κ2) is 5.48. The van der Waals surface area contributed by atoms with Gasteiger partial charge in [-0.15, -0.1) is 11.3 Å². The van der Waals surface area contributed by atoms with E-state index in [4.69, 9.17) is 0 Å². The fourth-order valence-electron chi connectivity index (χ4n) is 1.65. The number of ketones is 1. The molecule has 0 N–H and O–H groups in total. The second-order valence-electron chi connectivity index (χ2n) is 4.58. The molecule has 5 heteroatoms. The summed E-state index contributed by atoms with van der Waals surface area (Å²) in [6.45, 7) is 3.76. The Labute approximate surface area is 115 Å². The highest BCUT2D eigenvalue weighted by molar-refractivity contribution is 7.18. The first-order valence-electron chi connectivity index (χ1n) is 6.01. The fourth-order valence-corrected chi connectivity index (χ4v) is 2.66. The van der Waals surface area contributed by atoms with Crippen LogP contribution >= 0.6 is 11.3 Å². The Morgan fingerprint density at radius 3 is 2.74 bits per heavy atom. The molecule has 100 valence electrons. The minimum absolute atomic E-state index is 0.0117. The minimum atomic E-state index is -0.366. The smallest absolute Gasteiger partial charge is 0.337 e. The predicted octanol–water partition coefficient (Wildman–Crippen LogP) is 2.85. The summed E-state index contributed by atoms with van der Waals surface area (Å²) in [6, 6.07) is 5.21. The summed E-state index contributed by atoms with van der Waals surface area (Å²) in [5, 5.41) is 0.788. The molecule has 2 aromatic rings. The van der Waals surface area contributed by atoms with Gasteiger partial charge >= 0.3 is 5.97 Å². The van der Waals surface area contributed by atoms with Gasteiger partial charge in [0, 0.05) is 5.92 Å². The molecule has 0 aliphatic carbocycles. The van der Waals surface area contributed by atoms with Gasteiger partial charge in [-0.2, -0.15) is 0 Å². The van der Waals surface area contributed by atoms with E-state index < -0.39 is 0 Å². The summed E-state index contributed by atoms with van der Waals surface area (Å²) in [6.07, 6.45) is 0.352. The first-order chi connectivity index (χ1) is 9.01. The average Bonchev–Trinajstić information content (AvgIpc) is 2.78. The maximum absolute atomic E-state index is 11.7. The number of fused-ring (bicyclic) bond motifs is 1. The molecule has 0 atom stereocenters. The summed E-state index contributed by atoms with van der Waals surface area (Å²) in [5.41, 5.74) is 1.31. The van der Waals surface area contributed by atoms with Gasteiger partial charge in [-0.25, -0.2) is 9.78 Å². The molecule has 1 aromatic heterocycles. The van der Waals surface area contributed by atoms with E-state index in [-0.39, 0.29) is 17.7 Å². The standard InChI is InChI=1S/C14H15NO3S/c1-8(2)11(16)7-13-15-10-5-4-9(14(17)18-3)6-12(10)19-13/h4-6,8H,7H2,1-3H3. The molecule has 0 aliphatic rings. The van der Waals surface area contributed by atoms with Crippen LogP contribution in [-0.4, -0.2) is 23.8 Å². The number of esters is 1. The highest BCUT2D eigenvalue weighted by Crippen LogP contribution is 2.24. The Morgan fingerprint density at radius 2 is 2.11 bits per heavy atom. The normalized spacial score (nSPS) is 10.9. The van der Waals surface area contributed by atoms with Crippen molar-refractivity contribution in [3.05, 3.63) is 28.8 Å². The number of benzene rings is 1. The number of methoxy groups -OCH3 is 1. The van der Waals surface area contributed by atoms with Crippen molar-refractivity contribution in [1.82, 2.24) is 4.98 Å². The molecule has 4 nitrogen and oxygen atoms in total. The van der Waals surface area contributed by atoms with E-state index in [1.165, 1.54) is 18.4 Å². The maximum Gasteiger partial charge on any atom is 0.337 e. The highest BCUT2D eigenvalue weighted by atomic mass is 32.1. The van der Waals surface area contributed by atoms with E-state index in [2.05, 4.69) is 9.72 Å². The van der Waals surface area contributed by atoms with Crippen molar-refractivity contribution in [2.24, 2.45) is 5.92 Å². The van der Waals surface area contributed by atoms with Gasteiger partial charge in [0.15, 0.2) is 0 Å². The molecule has 0 aliphatic heterocycles. The maximum atomic E-state index is 11.7. The molecule has 0 amide bonds. The van der Waals surface area contributed by atoms with Crippen molar-refractivity contribution in [3.8, 4) is 0 Å². The number of aromatic nitrogens is 1. The van der Waals surface area contributed by atoms with E-state index in [0.717, 1.165) is 15.2 Å². The first-order valence-corrected chi connectivity index (χ1v) is 6.83. The van der Waals surface area contributed by atoms with Gasteiger partial charge in [-0.05, 0) is 18.2 Å². The molecule has 1 aromatic carbocycles. The third kappa shape index (κ3) is 2.98. The minimum Gasteiger partial charge on any atom is -0.465 e. The van der Waals surface area contributed by atoms with Crippen molar-refractivity contribution in [2.45, 2.75) is 20.3 Å². The lowest BCUT2D eigenvalue weighted by atomic mass is 10.1. The Balaban J connectivity index is 2.30. The van der Waals surface area contributed by atoms with Crippen LogP contribution in [-0.2, 0) is 16.0 Å². The average molecular weight is 277 g/mol. The van der Waals surface area contributed by atoms with Crippen LogP contribution in [0, 0.1) is 5.92 Å². The van der Waals surface area contributed by atoms with Crippen molar-refractivity contribution in [2.75, 3.05) is 7.11 Å². The number of hydrogen-bond acceptors (Lipinski definition) is 5. The molecule has 0 fully saturated rings. The number of thiazole rings is 1. The zero-order valence-corrected chi connectivity index (χ0v) is 11.9. The second-order valence-corrected chi connectivity index (χ2v) is 5.69. The lowest BCUT2D eigenvalue weighted by Crippen LogP contribution is -2.09. The molecule has 0 saturated heterocycles. The lowest BCUT2D eigenvalue weighted by Gasteiger charge is -1.99. The number of hydrogen-bond donors (Lipinski definition) is 0. The zero-order chi connectivity index (χ0) is 14.0. The largest absolute Gasteiger partial charge is 0.465 e. The number of carbonyl (C=O) groups excluding carboxylic acids is 2. The third-order valence-electron chi connectivity index (χ3n) is 2.82. The van der Waals surface area contributed by atoms with Crippen LogP contribution < -0.4 is 0 Å². The molecular weight excluding hydrogens is 262 g/mol. The molecule has 0 radical (unpaired) electrons. The summed E-state index contributed by atoms with van der Waals surface area (Å²) in [7, 11) is 1.35. The number of rotatable bonds is 4. The molecule has 0 saturated carbocycles. The summed E-state index contributed by atoms with van der Waals surface area (Å²) in [5.74, 6) is -0.181. The van der Waals surface area contributed by atoms with Gasteiger partial charge < -0.3 is 4.74 Å². The van der Waals surface area contributed by atoms with Crippen LogP contribution in [0.15, 0.2) is 18.2 Å². The van der Waals surface area contributed by atoms with Gasteiger partial charge in [0.1, 0.15) is 10.8 Å². The predicted molar refractivity (Wildman–Crippen MR) is 74.5 cm³/mol. The zero-order valence-electron chi connectivity index (χ0n) is 11.1. The van der Waals surface area contributed by atoms with Crippen LogP contribution in [0.25, 0.3) is 10.2 Å². The number of carbonyl (C=O) groups is 2. The van der Waals surface area contributed by atoms with Gasteiger partial charge in [-0.1, -0.05) is 13.8 Å². The summed E-state index contributed by atoms with van der Waals surface area (Å²) < 4.78 is 5.58. The number of ether oxygens (including phenoxy) is 1. The topological polar surface area (TPSA) is 56.3 Å². The molecule has 0 spiro atoms. The molecule has 2 rings (SSSR count). The fraction of sp³-hybridized carbons (Fsp3) is 0.357. The van der Waals surface area contributed by atoms with Gasteiger partial charge in [0.05, 0.1) is 29.3 Å². The van der Waals surface area contributed by atoms with Gasteiger partial charge in [-0.3, -0.25) is 4.79 Å². The monoisotopic (exact) mass is 277 g/mol. The van der Waals surface area contributed by atoms with Crippen LogP contribution in [0.5, 0.6) is 0 Å². The van der Waals surface area contributed by atoms with Crippen molar-refractivity contribution in [3.63, 3.8) is 0 Å². The van der Waals surface area contributed by atoms with E-state index >= 15 is 0 Å². The van der Waals surface area contributed by atoms with E-state index in [9.17, 15) is 9.59 Å². The summed E-state index contributed by atoms with van der Waals surface area (Å²) >= 11 is 1.45. The third-order valence-corrected chi connectivity index (χ3v) is 3.84. The van der Waals surface area contributed by atoms with Crippen molar-refractivity contribution < 1.29 is 14.3 Å². The molecule has 0 bridgehead atoms. The van der Waals surface area contributed by atoms with Crippen molar-refractivity contribution in [1.29, 1.82) is 0 Å². The summed E-state index contributed by atoms with van der Waals surface area (Å²) in [4.78, 5) is 27.5. The Hall–Kier alpha value is -1.75. The van der Waals surface area contributed by atoms with E-state index in [1.807, 2.05) is 13.8 Å². The first kappa shape index (κ1) is 13.7. The molecule has 19 heavy (non-hydrogen) atoms. The van der Waals surface area contributed by atoms with Gasteiger partial charge in [0.2, 0.25) is 0 Å². The Morgan fingerprint density at radius 1 is 1.37 bits per heavy atom. The number of Topliss-reactive ketones (excluding diaryl/α,β-unsaturated/α-hetero) is 1. The highest BCUT2D eigenvalue weighted by Gasteiger charge is 2.13. The molecular formula is C14H15NO3S. The molecule has 1 heterocycles. The van der Waals surface area contributed by atoms with Crippen LogP contribution in [0.1, 0.15) is 29.2 Å². The lowest BCUT2D eigenvalue weighted by molar-refractivity contribution is -0.121. The van der Waals surface area contributed by atoms with E-state index in [0.29, 0.717) is 12.0 Å². The quantitative estimate of drug-likeness (QED) is 0.806. The van der Waals surface area contributed by atoms with Crippen LogP contribution in [0.2, 0.25) is 0 Å².